The average Bonchev–Trinajstić information content (AvgIpc) is 3.14. The van der Waals surface area contributed by atoms with Crippen molar-refractivity contribution in [3.63, 3.8) is 0 Å². The Morgan fingerprint density at radius 2 is 0.925 bits per heavy atom. The number of phosphoric ester groups is 1. The van der Waals surface area contributed by atoms with Crippen molar-refractivity contribution < 1.29 is 37.6 Å². The number of rotatable bonds is 41. The number of esters is 2. The van der Waals surface area contributed by atoms with Gasteiger partial charge in [0.15, 0.2) is 6.10 Å². The highest BCUT2D eigenvalue weighted by molar-refractivity contribution is 7.47. The number of unbranched alkanes of at least 4 members (excludes halogenated alkanes) is 24. The molecular weight excluding hydrogens is 689 g/mol. The van der Waals surface area contributed by atoms with Crippen molar-refractivity contribution in [3.05, 3.63) is 24.3 Å². The molecule has 0 aromatic carbocycles. The van der Waals surface area contributed by atoms with Gasteiger partial charge in [0.2, 0.25) is 0 Å². The fourth-order valence-electron chi connectivity index (χ4n) is 6.04. The zero-order chi connectivity index (χ0) is 38.9. The summed E-state index contributed by atoms with van der Waals surface area (Å²) in [5.41, 5.74) is 5.35. The molecule has 3 N–H and O–H groups in total. The van der Waals surface area contributed by atoms with E-state index >= 15 is 0 Å². The second-order valence-corrected chi connectivity index (χ2v) is 16.0. The van der Waals surface area contributed by atoms with E-state index in [1.807, 2.05) is 0 Å². The highest BCUT2D eigenvalue weighted by Gasteiger charge is 2.26. The molecule has 0 aromatic heterocycles. The van der Waals surface area contributed by atoms with E-state index in [0.717, 1.165) is 57.8 Å². The fraction of sp³-hybridized carbons (Fsp3) is 0.860. The van der Waals surface area contributed by atoms with E-state index < -0.39 is 26.5 Å². The molecule has 0 aliphatic heterocycles. The molecule has 10 heteroatoms. The van der Waals surface area contributed by atoms with Crippen LogP contribution in [0, 0.1) is 0 Å². The molecule has 0 saturated heterocycles. The van der Waals surface area contributed by atoms with Gasteiger partial charge in [0.05, 0.1) is 13.2 Å². The zero-order valence-corrected chi connectivity index (χ0v) is 35.2. The van der Waals surface area contributed by atoms with Crippen LogP contribution in [0.25, 0.3) is 0 Å². The lowest BCUT2D eigenvalue weighted by Crippen LogP contribution is -2.29. The first-order valence-corrected chi connectivity index (χ1v) is 23.3. The van der Waals surface area contributed by atoms with Crippen molar-refractivity contribution in [3.8, 4) is 0 Å². The summed E-state index contributed by atoms with van der Waals surface area (Å²) in [7, 11) is -4.37. The number of carbonyl (C=O) groups is 2. The van der Waals surface area contributed by atoms with Crippen LogP contribution >= 0.6 is 7.82 Å². The number of allylic oxidation sites excluding steroid dienone is 4. The maximum atomic E-state index is 12.6. The molecule has 0 saturated carbocycles. The van der Waals surface area contributed by atoms with Crippen LogP contribution in [0.2, 0.25) is 0 Å². The Bertz CT molecular complexity index is 928. The van der Waals surface area contributed by atoms with E-state index in [0.29, 0.717) is 6.42 Å². The largest absolute Gasteiger partial charge is 0.472 e. The van der Waals surface area contributed by atoms with Gasteiger partial charge in [0.1, 0.15) is 6.61 Å². The molecule has 53 heavy (non-hydrogen) atoms. The SMILES string of the molecule is CCCCCC/C=C\CCCCCCCCCC(=O)OC[C@H](COP(=O)(O)OCCN)OC(=O)CCCCCCCCC/C=C\CCCCCCCC. The molecule has 0 heterocycles. The minimum atomic E-state index is -4.37. The van der Waals surface area contributed by atoms with E-state index in [-0.39, 0.29) is 38.6 Å². The van der Waals surface area contributed by atoms with Crippen molar-refractivity contribution in [1.82, 2.24) is 0 Å². The first-order chi connectivity index (χ1) is 25.8. The van der Waals surface area contributed by atoms with Gasteiger partial charge in [0.25, 0.3) is 0 Å². The van der Waals surface area contributed by atoms with Crippen LogP contribution in [0.3, 0.4) is 0 Å². The van der Waals surface area contributed by atoms with Gasteiger partial charge in [-0.1, -0.05) is 154 Å². The highest BCUT2D eigenvalue weighted by Crippen LogP contribution is 2.43. The number of nitrogens with two attached hydrogens (primary N) is 1. The molecule has 0 aromatic rings. The summed E-state index contributed by atoms with van der Waals surface area (Å²) < 4.78 is 32.8. The maximum Gasteiger partial charge on any atom is 0.472 e. The predicted octanol–water partition coefficient (Wildman–Crippen LogP) is 12.4. The van der Waals surface area contributed by atoms with E-state index in [1.54, 1.807) is 0 Å². The average molecular weight is 772 g/mol. The molecule has 312 valence electrons. The van der Waals surface area contributed by atoms with Gasteiger partial charge < -0.3 is 20.1 Å². The topological polar surface area (TPSA) is 134 Å². The van der Waals surface area contributed by atoms with Crippen molar-refractivity contribution >= 4 is 19.8 Å². The molecule has 0 radical (unpaired) electrons. The summed E-state index contributed by atoms with van der Waals surface area (Å²) in [6.07, 6.45) is 42.0. The number of hydrogen-bond acceptors (Lipinski definition) is 8. The first-order valence-electron chi connectivity index (χ1n) is 21.8. The maximum absolute atomic E-state index is 12.6. The van der Waals surface area contributed by atoms with Gasteiger partial charge in [-0.3, -0.25) is 18.6 Å². The number of hydrogen-bond donors (Lipinski definition) is 2. The first kappa shape index (κ1) is 51.5. The monoisotopic (exact) mass is 772 g/mol. The molecule has 2 atom stereocenters. The molecule has 9 nitrogen and oxygen atoms in total. The van der Waals surface area contributed by atoms with Gasteiger partial charge in [-0.25, -0.2) is 4.57 Å². The van der Waals surface area contributed by atoms with Crippen molar-refractivity contribution in [2.45, 2.75) is 213 Å². The third-order valence-corrected chi connectivity index (χ3v) is 10.3. The third kappa shape index (κ3) is 40.0. The van der Waals surface area contributed by atoms with Crippen LogP contribution in [0.4, 0.5) is 0 Å². The van der Waals surface area contributed by atoms with Crippen molar-refractivity contribution in [1.29, 1.82) is 0 Å². The lowest BCUT2D eigenvalue weighted by molar-refractivity contribution is -0.161. The van der Waals surface area contributed by atoms with Crippen LogP contribution in [-0.2, 0) is 32.7 Å². The molecule has 0 rings (SSSR count). The molecule has 0 amide bonds. The smallest absolute Gasteiger partial charge is 0.462 e. The standard InChI is InChI=1S/C43H82NO8P/c1-3-5-7-9-11-13-15-17-19-20-22-24-26-28-30-32-34-36-43(46)52-41(40-51-53(47,48)50-38-37-44)39-49-42(45)35-33-31-29-27-25-23-21-18-16-14-12-10-8-6-4-2/h14,16-17,19,41H,3-13,15,18,20-40,44H2,1-2H3,(H,47,48)/b16-14-,19-17-/t41-/m1/s1. The molecule has 0 aliphatic carbocycles. The van der Waals surface area contributed by atoms with Crippen LogP contribution in [0.1, 0.15) is 206 Å². The second kappa shape index (κ2) is 40.2. The Morgan fingerprint density at radius 1 is 0.547 bits per heavy atom. The van der Waals surface area contributed by atoms with E-state index in [9.17, 15) is 19.0 Å². The van der Waals surface area contributed by atoms with Gasteiger partial charge in [0, 0.05) is 19.4 Å². The quantitative estimate of drug-likeness (QED) is 0.0269. The minimum absolute atomic E-state index is 0.0531. The van der Waals surface area contributed by atoms with Crippen LogP contribution < -0.4 is 5.73 Å². The Labute approximate surface area is 325 Å². The van der Waals surface area contributed by atoms with Crippen LogP contribution in [0.5, 0.6) is 0 Å². The normalized spacial score (nSPS) is 13.5. The van der Waals surface area contributed by atoms with Crippen LogP contribution in [-0.4, -0.2) is 49.3 Å². The zero-order valence-electron chi connectivity index (χ0n) is 34.3. The number of carbonyl (C=O) groups excluding carboxylic acids is 2. The third-order valence-electron chi connectivity index (χ3n) is 9.31. The van der Waals surface area contributed by atoms with Crippen molar-refractivity contribution in [2.75, 3.05) is 26.4 Å². The number of phosphoric acid groups is 1. The van der Waals surface area contributed by atoms with Gasteiger partial charge in [-0.05, 0) is 64.2 Å². The molecule has 0 bridgehead atoms. The fourth-order valence-corrected chi connectivity index (χ4v) is 6.80. The molecule has 0 aliphatic rings. The molecule has 0 fully saturated rings. The molecule has 0 spiro atoms. The minimum Gasteiger partial charge on any atom is -0.462 e. The summed E-state index contributed by atoms with van der Waals surface area (Å²) in [5, 5.41) is 0. The highest BCUT2D eigenvalue weighted by atomic mass is 31.2. The summed E-state index contributed by atoms with van der Waals surface area (Å²) in [5.74, 6) is -0.834. The van der Waals surface area contributed by atoms with Crippen molar-refractivity contribution in [2.24, 2.45) is 5.73 Å². The number of ether oxygens (including phenoxy) is 2. The molecule has 1 unspecified atom stereocenters. The Kier molecular flexibility index (Phi) is 39.0. The lowest BCUT2D eigenvalue weighted by Gasteiger charge is -2.19. The summed E-state index contributed by atoms with van der Waals surface area (Å²) in [6, 6.07) is 0. The molecular formula is C43H82NO8P. The summed E-state index contributed by atoms with van der Waals surface area (Å²) in [4.78, 5) is 34.9. The summed E-state index contributed by atoms with van der Waals surface area (Å²) >= 11 is 0. The second-order valence-electron chi connectivity index (χ2n) is 14.6. The summed E-state index contributed by atoms with van der Waals surface area (Å²) in [6.45, 7) is 3.72. The van der Waals surface area contributed by atoms with Gasteiger partial charge >= 0.3 is 19.8 Å². The Hall–Kier alpha value is -1.51. The Morgan fingerprint density at radius 3 is 1.36 bits per heavy atom. The lowest BCUT2D eigenvalue weighted by atomic mass is 10.1. The predicted molar refractivity (Wildman–Crippen MR) is 220 cm³/mol. The van der Waals surface area contributed by atoms with E-state index in [1.165, 1.54) is 116 Å². The Balaban J connectivity index is 4.15. The van der Waals surface area contributed by atoms with Gasteiger partial charge in [-0.2, -0.15) is 0 Å². The van der Waals surface area contributed by atoms with E-state index in [4.69, 9.17) is 24.3 Å². The van der Waals surface area contributed by atoms with E-state index in [2.05, 4.69) is 38.2 Å². The van der Waals surface area contributed by atoms with Gasteiger partial charge in [-0.15, -0.1) is 0 Å². The van der Waals surface area contributed by atoms with Crippen LogP contribution in [0.15, 0.2) is 24.3 Å².